The first-order valence-electron chi connectivity index (χ1n) is 2.56. The summed E-state index contributed by atoms with van der Waals surface area (Å²) in [6.45, 7) is 3.31. The van der Waals surface area contributed by atoms with Crippen LogP contribution in [0.2, 0.25) is 0 Å². The SMILES string of the molecule is C=CCOC(=O)O.N=C(N)N. The van der Waals surface area contributed by atoms with Crippen molar-refractivity contribution < 1.29 is 14.6 Å². The van der Waals surface area contributed by atoms with Crippen LogP contribution in [0.1, 0.15) is 0 Å². The van der Waals surface area contributed by atoms with Gasteiger partial charge in [-0.3, -0.25) is 5.41 Å². The lowest BCUT2D eigenvalue weighted by Crippen LogP contribution is -2.20. The molecule has 0 aromatic rings. The predicted octanol–water partition coefficient (Wildman–Crippen LogP) is -0.294. The van der Waals surface area contributed by atoms with Gasteiger partial charge in [-0.15, -0.1) is 0 Å². The van der Waals surface area contributed by atoms with E-state index in [-0.39, 0.29) is 12.6 Å². The number of carbonyl (C=O) groups is 1. The molecule has 0 aliphatic rings. The number of guanidine groups is 1. The van der Waals surface area contributed by atoms with Crippen LogP contribution in [0.25, 0.3) is 0 Å². The lowest BCUT2D eigenvalue weighted by molar-refractivity contribution is 0.102. The number of hydrogen-bond acceptors (Lipinski definition) is 3. The summed E-state index contributed by atoms with van der Waals surface area (Å²) in [5, 5.41) is 13.8. The van der Waals surface area contributed by atoms with Crippen LogP contribution in [0.5, 0.6) is 0 Å². The van der Waals surface area contributed by atoms with Gasteiger partial charge in [0, 0.05) is 0 Å². The molecule has 0 rings (SSSR count). The Hall–Kier alpha value is -1.72. The van der Waals surface area contributed by atoms with Gasteiger partial charge < -0.3 is 21.3 Å². The Morgan fingerprint density at radius 2 is 2.09 bits per heavy atom. The largest absolute Gasteiger partial charge is 0.506 e. The van der Waals surface area contributed by atoms with Gasteiger partial charge in [-0.2, -0.15) is 0 Å². The van der Waals surface area contributed by atoms with Crippen molar-refractivity contribution in [1.82, 2.24) is 0 Å². The van der Waals surface area contributed by atoms with Crippen LogP contribution in [0.4, 0.5) is 4.79 Å². The molecule has 0 heterocycles. The second kappa shape index (κ2) is 8.28. The lowest BCUT2D eigenvalue weighted by Gasteiger charge is -1.88. The molecule has 0 unspecified atom stereocenters. The van der Waals surface area contributed by atoms with Crippen LogP contribution in [-0.4, -0.2) is 23.8 Å². The molecule has 6 heteroatoms. The standard InChI is InChI=1S/C4H6O3.CH5N3/c1-2-3-7-4(5)6;2-1(3)4/h2H,1,3H2,(H,5,6);(H5,2,3,4). The molecule has 0 aliphatic heterocycles. The van der Waals surface area contributed by atoms with Gasteiger partial charge in [-0.1, -0.05) is 12.7 Å². The average molecular weight is 161 g/mol. The van der Waals surface area contributed by atoms with Crippen molar-refractivity contribution in [2.45, 2.75) is 0 Å². The summed E-state index contributed by atoms with van der Waals surface area (Å²) in [4.78, 5) is 9.49. The highest BCUT2D eigenvalue weighted by Gasteiger charge is 1.87. The second-order valence-corrected chi connectivity index (χ2v) is 1.32. The maximum absolute atomic E-state index is 9.49. The smallest absolute Gasteiger partial charge is 0.450 e. The van der Waals surface area contributed by atoms with Crippen molar-refractivity contribution in [3.05, 3.63) is 12.7 Å². The third kappa shape index (κ3) is 62.8. The minimum Gasteiger partial charge on any atom is -0.450 e. The van der Waals surface area contributed by atoms with E-state index in [9.17, 15) is 4.79 Å². The van der Waals surface area contributed by atoms with E-state index >= 15 is 0 Å². The van der Waals surface area contributed by atoms with Gasteiger partial charge in [0.15, 0.2) is 5.96 Å². The fourth-order valence-electron chi connectivity index (χ4n) is 0.130. The van der Waals surface area contributed by atoms with Gasteiger partial charge >= 0.3 is 6.16 Å². The molecule has 0 aliphatic carbocycles. The van der Waals surface area contributed by atoms with E-state index in [1.807, 2.05) is 0 Å². The maximum Gasteiger partial charge on any atom is 0.506 e. The van der Waals surface area contributed by atoms with Crippen molar-refractivity contribution in [1.29, 1.82) is 5.41 Å². The predicted molar refractivity (Wildman–Crippen MR) is 40.3 cm³/mol. The zero-order chi connectivity index (χ0) is 9.28. The second-order valence-electron chi connectivity index (χ2n) is 1.32. The Morgan fingerprint density at radius 3 is 2.18 bits per heavy atom. The Labute approximate surface area is 63.9 Å². The highest BCUT2D eigenvalue weighted by Crippen LogP contribution is 1.73. The van der Waals surface area contributed by atoms with Gasteiger partial charge in [0.25, 0.3) is 0 Å². The van der Waals surface area contributed by atoms with E-state index in [0.29, 0.717) is 0 Å². The highest BCUT2D eigenvalue weighted by atomic mass is 16.7. The zero-order valence-electron chi connectivity index (χ0n) is 5.91. The van der Waals surface area contributed by atoms with E-state index in [0.717, 1.165) is 0 Å². The third-order valence-electron chi connectivity index (χ3n) is 0.325. The summed E-state index contributed by atoms with van der Waals surface area (Å²) in [6, 6.07) is 0. The number of rotatable bonds is 2. The third-order valence-corrected chi connectivity index (χ3v) is 0.325. The van der Waals surface area contributed by atoms with E-state index in [4.69, 9.17) is 10.5 Å². The first kappa shape index (κ1) is 12.0. The van der Waals surface area contributed by atoms with Gasteiger partial charge in [0.1, 0.15) is 6.61 Å². The summed E-state index contributed by atoms with van der Waals surface area (Å²) in [5.41, 5.74) is 8.94. The van der Waals surface area contributed by atoms with Crippen LogP contribution in [0.15, 0.2) is 12.7 Å². The molecule has 0 fully saturated rings. The van der Waals surface area contributed by atoms with Gasteiger partial charge in [0.05, 0.1) is 0 Å². The highest BCUT2D eigenvalue weighted by molar-refractivity contribution is 5.71. The molecular formula is C5H11N3O3. The number of ether oxygens (including phenoxy) is 1. The van der Waals surface area contributed by atoms with E-state index in [1.54, 1.807) is 0 Å². The molecule has 0 bridgehead atoms. The fourth-order valence-corrected chi connectivity index (χ4v) is 0.130. The van der Waals surface area contributed by atoms with Gasteiger partial charge in [0.2, 0.25) is 0 Å². The summed E-state index contributed by atoms with van der Waals surface area (Å²) < 4.78 is 3.99. The molecule has 0 saturated carbocycles. The fraction of sp³-hybridized carbons (Fsp3) is 0.200. The van der Waals surface area contributed by atoms with E-state index in [2.05, 4.69) is 22.8 Å². The molecule has 0 aromatic heterocycles. The average Bonchev–Trinajstić information content (AvgIpc) is 1.82. The van der Waals surface area contributed by atoms with Crippen LogP contribution < -0.4 is 11.5 Å². The van der Waals surface area contributed by atoms with Crippen molar-refractivity contribution in [2.24, 2.45) is 11.5 Å². The monoisotopic (exact) mass is 161 g/mol. The van der Waals surface area contributed by atoms with Crippen LogP contribution in [0, 0.1) is 5.41 Å². The normalized spacial score (nSPS) is 6.91. The van der Waals surface area contributed by atoms with Crippen molar-refractivity contribution in [3.8, 4) is 0 Å². The summed E-state index contributed by atoms with van der Waals surface area (Å²) in [5.74, 6) is -0.333. The van der Waals surface area contributed by atoms with Crippen LogP contribution in [-0.2, 0) is 4.74 Å². The Kier molecular flexibility index (Phi) is 9.04. The number of hydrogen-bond donors (Lipinski definition) is 4. The minimum atomic E-state index is -1.26. The molecule has 0 saturated heterocycles. The maximum atomic E-state index is 9.49. The zero-order valence-corrected chi connectivity index (χ0v) is 5.91. The van der Waals surface area contributed by atoms with Crippen molar-refractivity contribution in [3.63, 3.8) is 0 Å². The summed E-state index contributed by atoms with van der Waals surface area (Å²) >= 11 is 0. The lowest BCUT2D eigenvalue weighted by atomic mass is 10.7. The molecule has 64 valence electrons. The molecule has 0 spiro atoms. The summed E-state index contributed by atoms with van der Waals surface area (Å²) in [6.07, 6.45) is 0.105. The number of nitrogens with two attached hydrogens (primary N) is 2. The molecule has 0 amide bonds. The molecule has 6 nitrogen and oxygen atoms in total. The van der Waals surface area contributed by atoms with E-state index in [1.165, 1.54) is 6.08 Å². The van der Waals surface area contributed by atoms with Crippen LogP contribution >= 0.6 is 0 Å². The number of nitrogens with one attached hydrogen (secondary N) is 1. The number of carboxylic acid groups (broad SMARTS) is 1. The van der Waals surface area contributed by atoms with Crippen molar-refractivity contribution in [2.75, 3.05) is 6.61 Å². The molecule has 0 atom stereocenters. The topological polar surface area (TPSA) is 122 Å². The van der Waals surface area contributed by atoms with Crippen LogP contribution in [0.3, 0.4) is 0 Å². The Morgan fingerprint density at radius 1 is 1.73 bits per heavy atom. The Bertz CT molecular complexity index is 142. The quantitative estimate of drug-likeness (QED) is 0.192. The first-order valence-corrected chi connectivity index (χ1v) is 2.56. The molecule has 11 heavy (non-hydrogen) atoms. The molecule has 0 aromatic carbocycles. The van der Waals surface area contributed by atoms with E-state index < -0.39 is 6.16 Å². The van der Waals surface area contributed by atoms with Crippen molar-refractivity contribution >= 4 is 12.1 Å². The van der Waals surface area contributed by atoms with Gasteiger partial charge in [-0.25, -0.2) is 4.79 Å². The van der Waals surface area contributed by atoms with Gasteiger partial charge in [-0.05, 0) is 0 Å². The minimum absolute atomic E-state index is 0.0648. The Balaban J connectivity index is 0. The molecular weight excluding hydrogens is 150 g/mol. The molecule has 0 radical (unpaired) electrons. The summed E-state index contributed by atoms with van der Waals surface area (Å²) in [7, 11) is 0. The first-order chi connectivity index (χ1) is 5.00. The molecule has 6 N–H and O–H groups in total.